The quantitative estimate of drug-likeness (QED) is 0.0607. The van der Waals surface area contributed by atoms with E-state index in [-0.39, 0.29) is 97.9 Å². The summed E-state index contributed by atoms with van der Waals surface area (Å²) >= 11 is 0. The van der Waals surface area contributed by atoms with Gasteiger partial charge in [-0.2, -0.15) is 13.2 Å². The van der Waals surface area contributed by atoms with Crippen molar-refractivity contribution in [3.8, 4) is 11.1 Å². The number of imide groups is 2. The van der Waals surface area contributed by atoms with Crippen molar-refractivity contribution >= 4 is 52.5 Å². The van der Waals surface area contributed by atoms with E-state index in [4.69, 9.17) is 9.47 Å². The van der Waals surface area contributed by atoms with Crippen LogP contribution in [0.3, 0.4) is 0 Å². The number of anilines is 3. The van der Waals surface area contributed by atoms with Gasteiger partial charge in [0.1, 0.15) is 11.9 Å². The number of pyridine rings is 1. The summed E-state index contributed by atoms with van der Waals surface area (Å²) in [5.41, 5.74) is -1.61. The van der Waals surface area contributed by atoms with Crippen LogP contribution in [-0.4, -0.2) is 128 Å². The Hall–Kier alpha value is -6.97. The maximum Gasteiger partial charge on any atom is 0.417 e. The molecule has 7 rings (SSSR count). The molecule has 0 aliphatic carbocycles. The lowest BCUT2D eigenvalue weighted by Crippen LogP contribution is -2.55. The first-order valence-electron chi connectivity index (χ1n) is 21.5. The Morgan fingerprint density at radius 1 is 0.821 bits per heavy atom. The summed E-state index contributed by atoms with van der Waals surface area (Å²) in [4.78, 5) is 95.6. The van der Waals surface area contributed by atoms with Gasteiger partial charge in [-0.3, -0.25) is 48.7 Å². The molecule has 1 unspecified atom stereocenters. The Morgan fingerprint density at radius 2 is 1.54 bits per heavy atom. The van der Waals surface area contributed by atoms with E-state index >= 15 is 4.39 Å². The van der Waals surface area contributed by atoms with Crippen molar-refractivity contribution in [2.45, 2.75) is 51.0 Å². The number of carbonyl (C=O) groups excluding carboxylic acids is 6. The fourth-order valence-corrected chi connectivity index (χ4v) is 8.24. The molecule has 3 aliphatic rings. The number of nitrogens with one attached hydrogen (secondary N) is 5. The van der Waals surface area contributed by atoms with E-state index in [0.29, 0.717) is 36.7 Å². The van der Waals surface area contributed by atoms with Crippen molar-refractivity contribution in [3.05, 3.63) is 111 Å². The van der Waals surface area contributed by atoms with E-state index < -0.39 is 70.2 Å². The zero-order valence-electron chi connectivity index (χ0n) is 36.7. The fraction of sp³-hybridized carbons (Fsp3) is 0.370. The standard InChI is InChI=1S/C46H48F4N8O9/c1-25-23-57(24-26(2)56(25)3)36-10-8-27(20-35(36)54-42(62)31-22-53-39(60)21-32(31)46(48,49)50)29-9-7-28(19-33(29)47)41(61)52-14-16-67-18-17-66-15-13-51-34-6-4-5-30-40(34)45(65)58(44(30)64)37-11-12-38(59)55-43(37)63/h4-10,19-22,25-26,37,51H,11-18,23-24H2,1-3H3,(H,52,61)(H,53,60)(H,54,62)(H,55,59,63)/t25-,26+,37?. The number of halogens is 4. The normalized spacial score (nSPS) is 18.8. The summed E-state index contributed by atoms with van der Waals surface area (Å²) in [5, 5.41) is 10.5. The number of alkyl halides is 3. The number of piperidine rings is 1. The van der Waals surface area contributed by atoms with Crippen LogP contribution in [0.25, 0.3) is 11.1 Å². The molecule has 3 atom stereocenters. The lowest BCUT2D eigenvalue weighted by atomic mass is 10.00. The lowest BCUT2D eigenvalue weighted by Gasteiger charge is -2.44. The number of hydrogen-bond donors (Lipinski definition) is 5. The van der Waals surface area contributed by atoms with Crippen LogP contribution in [0.1, 0.15) is 73.7 Å². The second-order valence-electron chi connectivity index (χ2n) is 16.4. The number of amides is 6. The van der Waals surface area contributed by atoms with Gasteiger partial charge in [0.05, 0.1) is 60.1 Å². The molecule has 67 heavy (non-hydrogen) atoms. The number of rotatable bonds is 16. The third-order valence-electron chi connectivity index (χ3n) is 11.9. The molecule has 21 heteroatoms. The zero-order valence-corrected chi connectivity index (χ0v) is 36.7. The van der Waals surface area contributed by atoms with Crippen LogP contribution in [0.2, 0.25) is 0 Å². The van der Waals surface area contributed by atoms with E-state index in [0.717, 1.165) is 11.0 Å². The molecule has 6 amide bonds. The molecule has 3 aromatic carbocycles. The Kier molecular flexibility index (Phi) is 14.5. The molecule has 2 fully saturated rings. The molecule has 354 valence electrons. The molecular formula is C46H48F4N8O9. The van der Waals surface area contributed by atoms with Crippen molar-refractivity contribution in [3.63, 3.8) is 0 Å². The maximum absolute atomic E-state index is 15.8. The number of H-pyrrole nitrogens is 1. The molecule has 0 saturated carbocycles. The van der Waals surface area contributed by atoms with Gasteiger partial charge in [-0.1, -0.05) is 18.2 Å². The molecule has 4 aromatic rings. The van der Waals surface area contributed by atoms with E-state index in [2.05, 4.69) is 31.2 Å². The molecule has 17 nitrogen and oxygen atoms in total. The van der Waals surface area contributed by atoms with Crippen LogP contribution < -0.4 is 31.7 Å². The van der Waals surface area contributed by atoms with Crippen LogP contribution in [0.5, 0.6) is 0 Å². The molecule has 0 radical (unpaired) electrons. The predicted molar refractivity (Wildman–Crippen MR) is 236 cm³/mol. The van der Waals surface area contributed by atoms with Gasteiger partial charge in [-0.25, -0.2) is 4.39 Å². The summed E-state index contributed by atoms with van der Waals surface area (Å²) < 4.78 is 68.6. The first-order valence-corrected chi connectivity index (χ1v) is 21.5. The van der Waals surface area contributed by atoms with E-state index in [1.807, 2.05) is 25.8 Å². The SMILES string of the molecule is C[C@@H]1CN(c2ccc(-c3ccc(C(=O)NCCOCCOCCNc4cccc5c4C(=O)N(C4CCC(=O)NC4=O)C5=O)cc3F)cc2NC(=O)c2c[nH]c(=O)cc2C(F)(F)F)C[C@H](C)N1C. The van der Waals surface area contributed by atoms with Crippen LogP contribution >= 0.6 is 0 Å². The number of aromatic nitrogens is 1. The second kappa shape index (κ2) is 20.3. The van der Waals surface area contributed by atoms with E-state index in [1.165, 1.54) is 24.3 Å². The number of fused-ring (bicyclic) bond motifs is 1. The molecule has 0 bridgehead atoms. The number of likely N-dealkylation sites (N-methyl/N-ethyl adjacent to an activating group) is 1. The Balaban J connectivity index is 0.896. The summed E-state index contributed by atoms with van der Waals surface area (Å²) in [6, 6.07) is 12.7. The van der Waals surface area contributed by atoms with Crippen LogP contribution in [0.15, 0.2) is 71.7 Å². The summed E-state index contributed by atoms with van der Waals surface area (Å²) in [5.74, 6) is -4.88. The Morgan fingerprint density at radius 3 is 2.22 bits per heavy atom. The Bertz CT molecular complexity index is 2650. The van der Waals surface area contributed by atoms with Gasteiger partial charge in [0, 0.05) is 73.8 Å². The van der Waals surface area contributed by atoms with Crippen molar-refractivity contribution in [1.82, 2.24) is 25.4 Å². The molecule has 4 heterocycles. The Labute approximate surface area is 381 Å². The minimum atomic E-state index is -5.00. The maximum atomic E-state index is 15.8. The van der Waals surface area contributed by atoms with Gasteiger partial charge >= 0.3 is 6.18 Å². The molecule has 1 aromatic heterocycles. The largest absolute Gasteiger partial charge is 0.417 e. The highest BCUT2D eigenvalue weighted by Gasteiger charge is 2.45. The number of piperazine rings is 1. The van der Waals surface area contributed by atoms with Crippen LogP contribution in [-0.2, 0) is 25.2 Å². The lowest BCUT2D eigenvalue weighted by molar-refractivity contribution is -0.138. The summed E-state index contributed by atoms with van der Waals surface area (Å²) in [6.45, 7) is 6.12. The minimum absolute atomic E-state index is 0.0130. The summed E-state index contributed by atoms with van der Waals surface area (Å²) in [7, 11) is 1.98. The highest BCUT2D eigenvalue weighted by Crippen LogP contribution is 2.37. The summed E-state index contributed by atoms with van der Waals surface area (Å²) in [6.07, 6.45) is -4.23. The monoisotopic (exact) mass is 932 g/mol. The van der Waals surface area contributed by atoms with Crippen LogP contribution in [0.4, 0.5) is 34.6 Å². The topological polar surface area (TPSA) is 212 Å². The van der Waals surface area contributed by atoms with Gasteiger partial charge in [-0.15, -0.1) is 0 Å². The minimum Gasteiger partial charge on any atom is -0.382 e. The van der Waals surface area contributed by atoms with Gasteiger partial charge in [0.25, 0.3) is 23.6 Å². The smallest absolute Gasteiger partial charge is 0.382 e. The van der Waals surface area contributed by atoms with Crippen LogP contribution in [0, 0.1) is 5.82 Å². The highest BCUT2D eigenvalue weighted by atomic mass is 19.4. The molecule has 0 spiro atoms. The third-order valence-corrected chi connectivity index (χ3v) is 11.9. The van der Waals surface area contributed by atoms with Crippen molar-refractivity contribution in [2.75, 3.05) is 75.2 Å². The third kappa shape index (κ3) is 10.7. The molecule has 5 N–H and O–H groups in total. The van der Waals surface area contributed by atoms with Crippen molar-refractivity contribution < 1.29 is 55.8 Å². The average Bonchev–Trinajstić information content (AvgIpc) is 3.54. The molecule has 2 saturated heterocycles. The number of nitrogens with zero attached hydrogens (tertiary/aromatic N) is 3. The predicted octanol–water partition coefficient (Wildman–Crippen LogP) is 4.26. The highest BCUT2D eigenvalue weighted by molar-refractivity contribution is 6.25. The van der Waals surface area contributed by atoms with E-state index in [9.17, 15) is 46.7 Å². The second-order valence-corrected chi connectivity index (χ2v) is 16.4. The van der Waals surface area contributed by atoms with Gasteiger partial charge in [0.2, 0.25) is 17.4 Å². The molecule has 3 aliphatic heterocycles. The zero-order chi connectivity index (χ0) is 48.2. The van der Waals surface area contributed by atoms with Gasteiger partial charge in [0.15, 0.2) is 0 Å². The number of ether oxygens (including phenoxy) is 2. The number of hydrogen-bond acceptors (Lipinski definition) is 12. The average molecular weight is 933 g/mol. The molecular weight excluding hydrogens is 885 g/mol. The first kappa shape index (κ1) is 48.0. The van der Waals surface area contributed by atoms with Crippen molar-refractivity contribution in [2.24, 2.45) is 0 Å². The number of carbonyl (C=O) groups is 6. The van der Waals surface area contributed by atoms with Gasteiger partial charge in [-0.05, 0) is 69.3 Å². The van der Waals surface area contributed by atoms with E-state index in [1.54, 1.807) is 24.3 Å². The first-order chi connectivity index (χ1) is 31.9. The number of benzene rings is 3. The van der Waals surface area contributed by atoms with Crippen molar-refractivity contribution in [1.29, 1.82) is 0 Å². The van der Waals surface area contributed by atoms with Gasteiger partial charge < -0.3 is 35.3 Å². The fourth-order valence-electron chi connectivity index (χ4n) is 8.24. The number of aromatic amines is 1.